The van der Waals surface area contributed by atoms with Gasteiger partial charge in [-0.1, -0.05) is 0 Å². The molecule has 0 aliphatic carbocycles. The Morgan fingerprint density at radius 2 is 2.14 bits per heavy atom. The molecule has 5 nitrogen and oxygen atoms in total. The number of nitrogens with zero attached hydrogens (tertiary/aromatic N) is 1. The van der Waals surface area contributed by atoms with Crippen molar-refractivity contribution < 1.29 is 9.53 Å². The summed E-state index contributed by atoms with van der Waals surface area (Å²) in [5.41, 5.74) is 0. The highest BCUT2D eigenvalue weighted by Crippen LogP contribution is 2.13. The molecule has 128 valence electrons. The van der Waals surface area contributed by atoms with E-state index in [0.29, 0.717) is 12.3 Å². The molecular formula is C14H31Cl2N3O2. The first-order valence-corrected chi connectivity index (χ1v) is 7.37. The number of likely N-dealkylation sites (N-methyl/N-ethyl adjacent to an activating group) is 1. The van der Waals surface area contributed by atoms with Gasteiger partial charge in [0.2, 0.25) is 5.91 Å². The number of hydrogen-bond acceptors (Lipinski definition) is 4. The molecule has 0 saturated carbocycles. The van der Waals surface area contributed by atoms with Crippen molar-refractivity contribution in [2.75, 3.05) is 53.5 Å². The maximum absolute atomic E-state index is 11.7. The van der Waals surface area contributed by atoms with E-state index in [2.05, 4.69) is 22.6 Å². The van der Waals surface area contributed by atoms with E-state index in [-0.39, 0.29) is 30.7 Å². The van der Waals surface area contributed by atoms with E-state index < -0.39 is 0 Å². The summed E-state index contributed by atoms with van der Waals surface area (Å²) < 4.78 is 5.01. The van der Waals surface area contributed by atoms with Gasteiger partial charge in [0.1, 0.15) is 0 Å². The van der Waals surface area contributed by atoms with E-state index in [1.807, 2.05) is 0 Å². The number of hydrogen-bond donors (Lipinski definition) is 2. The van der Waals surface area contributed by atoms with Gasteiger partial charge in [0, 0.05) is 39.8 Å². The molecule has 0 spiro atoms. The zero-order valence-electron chi connectivity index (χ0n) is 13.2. The fraction of sp³-hybridized carbons (Fsp3) is 0.929. The van der Waals surface area contributed by atoms with Crippen LogP contribution in [0.25, 0.3) is 0 Å². The second-order valence-electron chi connectivity index (χ2n) is 5.40. The normalized spacial score (nSPS) is 17.2. The van der Waals surface area contributed by atoms with Crippen LogP contribution >= 0.6 is 24.8 Å². The summed E-state index contributed by atoms with van der Waals surface area (Å²) in [4.78, 5) is 13.9. The van der Waals surface area contributed by atoms with Crippen molar-refractivity contribution in [1.82, 2.24) is 15.5 Å². The van der Waals surface area contributed by atoms with Crippen LogP contribution in [0.5, 0.6) is 0 Å². The third kappa shape index (κ3) is 12.2. The Kier molecular flexibility index (Phi) is 16.4. The van der Waals surface area contributed by atoms with E-state index in [4.69, 9.17) is 4.74 Å². The summed E-state index contributed by atoms with van der Waals surface area (Å²) >= 11 is 0. The van der Waals surface area contributed by atoms with Crippen LogP contribution in [-0.4, -0.2) is 64.3 Å². The first-order chi connectivity index (χ1) is 9.22. The van der Waals surface area contributed by atoms with Gasteiger partial charge in [0.15, 0.2) is 0 Å². The van der Waals surface area contributed by atoms with Gasteiger partial charge in [-0.15, -0.1) is 24.8 Å². The zero-order chi connectivity index (χ0) is 13.9. The van der Waals surface area contributed by atoms with E-state index in [1.54, 1.807) is 7.11 Å². The lowest BCUT2D eigenvalue weighted by molar-refractivity contribution is -0.121. The van der Waals surface area contributed by atoms with E-state index >= 15 is 0 Å². The van der Waals surface area contributed by atoms with Gasteiger partial charge < -0.3 is 20.3 Å². The minimum Gasteiger partial charge on any atom is -0.385 e. The third-order valence-corrected chi connectivity index (χ3v) is 3.65. The summed E-state index contributed by atoms with van der Waals surface area (Å²) in [6.45, 7) is 5.64. The predicted molar refractivity (Wildman–Crippen MR) is 91.7 cm³/mol. The molecule has 0 bridgehead atoms. The Morgan fingerprint density at radius 3 is 2.76 bits per heavy atom. The van der Waals surface area contributed by atoms with Gasteiger partial charge in [0.25, 0.3) is 0 Å². The minimum atomic E-state index is 0. The van der Waals surface area contributed by atoms with E-state index in [1.165, 1.54) is 6.42 Å². The smallest absolute Gasteiger partial charge is 0.220 e. The fourth-order valence-corrected chi connectivity index (χ4v) is 2.36. The Bertz CT molecular complexity index is 252. The summed E-state index contributed by atoms with van der Waals surface area (Å²) in [6.07, 6.45) is 3.94. The van der Waals surface area contributed by atoms with E-state index in [0.717, 1.165) is 52.2 Å². The largest absolute Gasteiger partial charge is 0.385 e. The minimum absolute atomic E-state index is 0. The van der Waals surface area contributed by atoms with Gasteiger partial charge >= 0.3 is 0 Å². The number of amides is 1. The Hall–Kier alpha value is -0.0700. The highest BCUT2D eigenvalue weighted by molar-refractivity contribution is 5.85. The molecule has 1 atom stereocenters. The van der Waals surface area contributed by atoms with Crippen LogP contribution in [0.15, 0.2) is 0 Å². The van der Waals surface area contributed by atoms with Crippen molar-refractivity contribution in [3.05, 3.63) is 0 Å². The summed E-state index contributed by atoms with van der Waals surface area (Å²) in [5.74, 6) is 0.889. The van der Waals surface area contributed by atoms with Crippen molar-refractivity contribution in [3.8, 4) is 0 Å². The first-order valence-electron chi connectivity index (χ1n) is 7.37. The molecule has 1 amide bonds. The van der Waals surface area contributed by atoms with Crippen molar-refractivity contribution >= 4 is 30.7 Å². The van der Waals surface area contributed by atoms with Crippen LogP contribution in [0, 0.1) is 5.92 Å². The number of nitrogens with one attached hydrogen (secondary N) is 2. The third-order valence-electron chi connectivity index (χ3n) is 3.65. The molecule has 0 aromatic carbocycles. The molecule has 1 heterocycles. The maximum atomic E-state index is 11.7. The molecule has 1 unspecified atom stereocenters. The molecule has 1 rings (SSSR count). The van der Waals surface area contributed by atoms with Crippen LogP contribution in [-0.2, 0) is 9.53 Å². The van der Waals surface area contributed by atoms with Gasteiger partial charge in [0.05, 0.1) is 0 Å². The average molecular weight is 344 g/mol. The summed E-state index contributed by atoms with van der Waals surface area (Å²) in [5, 5.41) is 6.33. The molecule has 21 heavy (non-hydrogen) atoms. The molecule has 1 aliphatic rings. The number of methoxy groups -OCH3 is 1. The lowest BCUT2D eigenvalue weighted by Gasteiger charge is -2.16. The Labute approximate surface area is 141 Å². The zero-order valence-corrected chi connectivity index (χ0v) is 14.9. The molecule has 1 fully saturated rings. The molecule has 1 aliphatic heterocycles. The lowest BCUT2D eigenvalue weighted by Crippen LogP contribution is -2.33. The van der Waals surface area contributed by atoms with Gasteiger partial charge in [-0.05, 0) is 45.3 Å². The van der Waals surface area contributed by atoms with E-state index in [9.17, 15) is 4.79 Å². The second kappa shape index (κ2) is 14.9. The number of halogens is 2. The molecule has 2 N–H and O–H groups in total. The number of carbonyl (C=O) groups is 1. The van der Waals surface area contributed by atoms with Gasteiger partial charge in [-0.2, -0.15) is 0 Å². The number of rotatable bonds is 10. The fourth-order valence-electron chi connectivity index (χ4n) is 2.36. The predicted octanol–water partition coefficient (Wildman–Crippen LogP) is 1.30. The van der Waals surface area contributed by atoms with Crippen molar-refractivity contribution in [3.63, 3.8) is 0 Å². The van der Waals surface area contributed by atoms with Crippen molar-refractivity contribution in [2.45, 2.75) is 25.7 Å². The molecule has 1 saturated heterocycles. The molecule has 7 heteroatoms. The van der Waals surface area contributed by atoms with Crippen LogP contribution in [0.4, 0.5) is 0 Å². The molecule has 0 aromatic rings. The number of ether oxygens (including phenoxy) is 1. The number of carbonyl (C=O) groups excluding carboxylic acids is 1. The monoisotopic (exact) mass is 343 g/mol. The Morgan fingerprint density at radius 1 is 1.38 bits per heavy atom. The molecular weight excluding hydrogens is 313 g/mol. The van der Waals surface area contributed by atoms with Crippen LogP contribution in [0.1, 0.15) is 25.7 Å². The SMILES string of the molecule is COCCCN(C)CCNC(=O)CCC1CCNC1.Cl.Cl. The topological polar surface area (TPSA) is 53.6 Å². The van der Waals surface area contributed by atoms with Crippen molar-refractivity contribution in [2.24, 2.45) is 5.92 Å². The van der Waals surface area contributed by atoms with Gasteiger partial charge in [-0.3, -0.25) is 4.79 Å². The van der Waals surface area contributed by atoms with Crippen molar-refractivity contribution in [1.29, 1.82) is 0 Å². The highest BCUT2D eigenvalue weighted by atomic mass is 35.5. The maximum Gasteiger partial charge on any atom is 0.220 e. The van der Waals surface area contributed by atoms with Gasteiger partial charge in [-0.25, -0.2) is 0 Å². The standard InChI is InChI=1S/C14H29N3O2.2ClH/c1-17(9-3-11-19-2)10-8-16-14(18)5-4-13-6-7-15-12-13;;/h13,15H,3-12H2,1-2H3,(H,16,18);2*1H. The van der Waals surface area contributed by atoms with Crippen LogP contribution < -0.4 is 10.6 Å². The molecule has 0 radical (unpaired) electrons. The summed E-state index contributed by atoms with van der Waals surface area (Å²) in [6, 6.07) is 0. The highest BCUT2D eigenvalue weighted by Gasteiger charge is 2.15. The summed E-state index contributed by atoms with van der Waals surface area (Å²) in [7, 11) is 3.80. The average Bonchev–Trinajstić information content (AvgIpc) is 2.90. The lowest BCUT2D eigenvalue weighted by atomic mass is 10.0. The Balaban J connectivity index is 0. The second-order valence-corrected chi connectivity index (χ2v) is 5.40. The molecule has 0 aromatic heterocycles. The first kappa shape index (κ1) is 23.2. The quantitative estimate of drug-likeness (QED) is 0.587. The van der Waals surface area contributed by atoms with Crippen LogP contribution in [0.3, 0.4) is 0 Å². The van der Waals surface area contributed by atoms with Crippen LogP contribution in [0.2, 0.25) is 0 Å².